The Bertz CT molecular complexity index is 381. The first kappa shape index (κ1) is 8.22. The highest BCUT2D eigenvalue weighted by Gasteiger charge is 2.40. The maximum atomic E-state index is 12.0. The molecule has 3 rings (SSSR count). The summed E-state index contributed by atoms with van der Waals surface area (Å²) in [7, 11) is 0. The molecule has 0 heterocycles. The smallest absolute Gasteiger partial charge is 0.166 e. The zero-order chi connectivity index (χ0) is 9.54. The second-order valence-electron chi connectivity index (χ2n) is 4.45. The summed E-state index contributed by atoms with van der Waals surface area (Å²) in [6.45, 7) is 0. The molecule has 0 spiro atoms. The summed E-state index contributed by atoms with van der Waals surface area (Å²) in [6.07, 6.45) is 4.86. The van der Waals surface area contributed by atoms with Gasteiger partial charge in [0.05, 0.1) is 0 Å². The van der Waals surface area contributed by atoms with E-state index in [2.05, 4.69) is 12.1 Å². The van der Waals surface area contributed by atoms with Crippen LogP contribution in [0.3, 0.4) is 0 Å². The van der Waals surface area contributed by atoms with Gasteiger partial charge in [0, 0.05) is 11.5 Å². The average molecular weight is 186 g/mol. The monoisotopic (exact) mass is 186 g/mol. The number of carbonyl (C=O) groups excluding carboxylic acids is 1. The maximum absolute atomic E-state index is 12.0. The summed E-state index contributed by atoms with van der Waals surface area (Å²) in [5.74, 6) is 1.28. The Morgan fingerprint density at radius 3 is 2.57 bits per heavy atom. The lowest BCUT2D eigenvalue weighted by Crippen LogP contribution is -2.17. The van der Waals surface area contributed by atoms with Crippen molar-refractivity contribution in [3.05, 3.63) is 35.4 Å². The normalized spacial score (nSPS) is 29.9. The number of hydrogen-bond donors (Lipinski definition) is 0. The third-order valence-corrected chi connectivity index (χ3v) is 3.73. The second-order valence-corrected chi connectivity index (χ2v) is 4.45. The van der Waals surface area contributed by atoms with E-state index in [0.29, 0.717) is 17.6 Å². The highest BCUT2D eigenvalue weighted by atomic mass is 16.1. The third-order valence-electron chi connectivity index (χ3n) is 3.73. The van der Waals surface area contributed by atoms with Gasteiger partial charge in [0.25, 0.3) is 0 Å². The summed E-state index contributed by atoms with van der Waals surface area (Å²) < 4.78 is 0. The molecule has 2 aliphatic rings. The van der Waals surface area contributed by atoms with Crippen molar-refractivity contribution in [3.63, 3.8) is 0 Å². The number of carbonyl (C=O) groups is 1. The fourth-order valence-electron chi connectivity index (χ4n) is 3.06. The van der Waals surface area contributed by atoms with Crippen LogP contribution in [0.1, 0.15) is 47.5 Å². The Balaban J connectivity index is 2.11. The van der Waals surface area contributed by atoms with Gasteiger partial charge in [-0.15, -0.1) is 0 Å². The molecule has 0 N–H and O–H groups in total. The summed E-state index contributed by atoms with van der Waals surface area (Å²) in [5, 5.41) is 0. The van der Waals surface area contributed by atoms with Crippen LogP contribution in [0, 0.1) is 5.92 Å². The van der Waals surface area contributed by atoms with Crippen molar-refractivity contribution < 1.29 is 4.79 Å². The lowest BCUT2D eigenvalue weighted by atomic mass is 9.79. The molecule has 0 amide bonds. The molecule has 1 aromatic carbocycles. The minimum absolute atomic E-state index is 0.321. The van der Waals surface area contributed by atoms with Crippen LogP contribution in [0.2, 0.25) is 0 Å². The van der Waals surface area contributed by atoms with Gasteiger partial charge in [-0.2, -0.15) is 0 Å². The van der Waals surface area contributed by atoms with Crippen molar-refractivity contribution in [1.82, 2.24) is 0 Å². The fourth-order valence-corrected chi connectivity index (χ4v) is 3.06. The quantitative estimate of drug-likeness (QED) is 0.608. The molecule has 1 fully saturated rings. The molecule has 0 radical (unpaired) electrons. The summed E-state index contributed by atoms with van der Waals surface area (Å²) >= 11 is 0. The van der Waals surface area contributed by atoms with Gasteiger partial charge in [0.1, 0.15) is 0 Å². The molecular weight excluding hydrogens is 172 g/mol. The van der Waals surface area contributed by atoms with E-state index in [1.54, 1.807) is 0 Å². The molecule has 1 heteroatoms. The number of Topliss-reactive ketones (excluding diaryl/α,β-unsaturated/α-hetero) is 1. The van der Waals surface area contributed by atoms with Crippen molar-refractivity contribution in [2.24, 2.45) is 5.92 Å². The van der Waals surface area contributed by atoms with E-state index < -0.39 is 0 Å². The topological polar surface area (TPSA) is 17.1 Å². The van der Waals surface area contributed by atoms with Crippen LogP contribution < -0.4 is 0 Å². The number of ketones is 1. The van der Waals surface area contributed by atoms with Crippen molar-refractivity contribution >= 4 is 5.78 Å². The second kappa shape index (κ2) is 2.94. The highest BCUT2D eigenvalue weighted by molar-refractivity contribution is 6.03. The molecule has 1 aromatic rings. The molecule has 1 saturated carbocycles. The van der Waals surface area contributed by atoms with Gasteiger partial charge in [-0.25, -0.2) is 0 Å². The van der Waals surface area contributed by atoms with Gasteiger partial charge < -0.3 is 0 Å². The number of fused-ring (bicyclic) bond motifs is 3. The minimum Gasteiger partial charge on any atom is -0.294 e. The van der Waals surface area contributed by atoms with Gasteiger partial charge in [-0.3, -0.25) is 4.79 Å². The van der Waals surface area contributed by atoms with Crippen LogP contribution in [0.25, 0.3) is 0 Å². The predicted octanol–water partition coefficient (Wildman–Crippen LogP) is 3.16. The van der Waals surface area contributed by atoms with Crippen LogP contribution >= 0.6 is 0 Å². The number of hydrogen-bond acceptors (Lipinski definition) is 1. The van der Waals surface area contributed by atoms with E-state index in [9.17, 15) is 4.79 Å². The van der Waals surface area contributed by atoms with Gasteiger partial charge in [0.2, 0.25) is 0 Å². The first-order chi connectivity index (χ1) is 6.88. The molecule has 72 valence electrons. The zero-order valence-electron chi connectivity index (χ0n) is 8.20. The Hall–Kier alpha value is -1.11. The summed E-state index contributed by atoms with van der Waals surface area (Å²) in [5.41, 5.74) is 2.33. The van der Waals surface area contributed by atoms with Crippen molar-refractivity contribution in [2.75, 3.05) is 0 Å². The molecule has 1 nitrogen and oxygen atoms in total. The van der Waals surface area contributed by atoms with Crippen molar-refractivity contribution in [3.8, 4) is 0 Å². The van der Waals surface area contributed by atoms with Gasteiger partial charge in [-0.05, 0) is 24.3 Å². The van der Waals surface area contributed by atoms with E-state index in [-0.39, 0.29) is 0 Å². The first-order valence-corrected chi connectivity index (χ1v) is 5.51. The molecule has 0 unspecified atom stereocenters. The standard InChI is InChI=1S/C13H14O/c14-13-11-7-3-1-5-9(11)10-6-2-4-8-12(10)13/h1,3,5,7,10,12H,2,4,6,8H2/t10-,12+/m0/s1. The molecule has 0 aliphatic heterocycles. The predicted molar refractivity (Wildman–Crippen MR) is 55.5 cm³/mol. The average Bonchev–Trinajstić information content (AvgIpc) is 2.55. The summed E-state index contributed by atoms with van der Waals surface area (Å²) in [4.78, 5) is 12.0. The zero-order valence-corrected chi connectivity index (χ0v) is 8.20. The largest absolute Gasteiger partial charge is 0.294 e. The van der Waals surface area contributed by atoms with E-state index in [4.69, 9.17) is 0 Å². The molecule has 0 bridgehead atoms. The highest BCUT2D eigenvalue weighted by Crippen LogP contribution is 2.46. The molecule has 2 aliphatic carbocycles. The van der Waals surface area contributed by atoms with E-state index in [1.165, 1.54) is 24.8 Å². The third kappa shape index (κ3) is 0.985. The van der Waals surface area contributed by atoms with Gasteiger partial charge in [0.15, 0.2) is 5.78 Å². The van der Waals surface area contributed by atoms with Crippen LogP contribution in [-0.2, 0) is 0 Å². The SMILES string of the molecule is O=C1c2ccccc2[C@@H]2CCCC[C@@H]12. The molecule has 0 aromatic heterocycles. The van der Waals surface area contributed by atoms with Crippen LogP contribution in [0.5, 0.6) is 0 Å². The van der Waals surface area contributed by atoms with Crippen LogP contribution in [-0.4, -0.2) is 5.78 Å². The van der Waals surface area contributed by atoms with Crippen molar-refractivity contribution in [2.45, 2.75) is 31.6 Å². The number of benzene rings is 1. The molecule has 0 saturated heterocycles. The lowest BCUT2D eigenvalue weighted by Gasteiger charge is -2.24. The van der Waals surface area contributed by atoms with E-state index in [0.717, 1.165) is 12.0 Å². The van der Waals surface area contributed by atoms with Crippen molar-refractivity contribution in [1.29, 1.82) is 0 Å². The Morgan fingerprint density at radius 2 is 1.71 bits per heavy atom. The van der Waals surface area contributed by atoms with E-state index in [1.807, 2.05) is 12.1 Å². The number of rotatable bonds is 0. The Kier molecular flexibility index (Phi) is 1.73. The van der Waals surface area contributed by atoms with Gasteiger partial charge in [-0.1, -0.05) is 37.1 Å². The molecular formula is C13H14O. The molecule has 2 atom stereocenters. The Labute approximate surface area is 84.1 Å². The van der Waals surface area contributed by atoms with Crippen LogP contribution in [0.15, 0.2) is 24.3 Å². The summed E-state index contributed by atoms with van der Waals surface area (Å²) in [6, 6.07) is 8.18. The van der Waals surface area contributed by atoms with Gasteiger partial charge >= 0.3 is 0 Å². The fraction of sp³-hybridized carbons (Fsp3) is 0.462. The first-order valence-electron chi connectivity index (χ1n) is 5.51. The lowest BCUT2D eigenvalue weighted by molar-refractivity contribution is 0.0898. The minimum atomic E-state index is 0.321. The molecule has 14 heavy (non-hydrogen) atoms. The van der Waals surface area contributed by atoms with E-state index >= 15 is 0 Å². The van der Waals surface area contributed by atoms with Crippen LogP contribution in [0.4, 0.5) is 0 Å². The Morgan fingerprint density at radius 1 is 1.00 bits per heavy atom. The maximum Gasteiger partial charge on any atom is 0.166 e.